The van der Waals surface area contributed by atoms with Crippen LogP contribution >= 0.6 is 11.6 Å². The van der Waals surface area contributed by atoms with E-state index in [1.165, 1.54) is 19.1 Å². The molecule has 0 bridgehead atoms. The minimum atomic E-state index is -1.42. The van der Waals surface area contributed by atoms with Crippen LogP contribution in [0.25, 0.3) is 0 Å². The number of carbonyl (C=O) groups excluding carboxylic acids is 2. The predicted molar refractivity (Wildman–Crippen MR) is 92.2 cm³/mol. The zero-order valence-corrected chi connectivity index (χ0v) is 13.8. The monoisotopic (exact) mass is 360 g/mol. The van der Waals surface area contributed by atoms with Crippen molar-refractivity contribution in [2.45, 2.75) is 13.0 Å². The summed E-state index contributed by atoms with van der Waals surface area (Å²) in [5, 5.41) is 21.1. The molecular weight excluding hydrogens is 348 g/mol. The molecule has 25 heavy (non-hydrogen) atoms. The van der Waals surface area contributed by atoms with Crippen LogP contribution in [0.3, 0.4) is 0 Å². The molecule has 128 valence electrons. The maximum absolute atomic E-state index is 12.2. The number of anilines is 1. The zero-order chi connectivity index (χ0) is 18.4. The molecule has 2 rings (SSSR count). The molecule has 0 spiro atoms. The summed E-state index contributed by atoms with van der Waals surface area (Å²) in [5.41, 5.74) is 0.0154. The number of amides is 1. The van der Waals surface area contributed by atoms with Crippen molar-refractivity contribution >= 4 is 40.4 Å². The average molecular weight is 361 g/mol. The van der Waals surface area contributed by atoms with E-state index in [9.17, 15) is 19.7 Å². The predicted octanol–water partition coefficient (Wildman–Crippen LogP) is 3.93. The number of nitro groups is 1. The highest BCUT2D eigenvalue weighted by atomic mass is 35.5. The summed E-state index contributed by atoms with van der Waals surface area (Å²) >= 11 is 5.72. The Balaban J connectivity index is 2.25. The second-order valence-electron chi connectivity index (χ2n) is 4.97. The third-order valence-electron chi connectivity index (χ3n) is 3.09. The lowest BCUT2D eigenvalue weighted by molar-refractivity contribution is -0.384. The van der Waals surface area contributed by atoms with Crippen molar-refractivity contribution in [2.24, 2.45) is 10.2 Å². The minimum Gasteiger partial charge on any atom is -0.324 e. The lowest BCUT2D eigenvalue weighted by Gasteiger charge is -2.09. The number of hydrogen-bond donors (Lipinski definition) is 1. The van der Waals surface area contributed by atoms with Crippen molar-refractivity contribution < 1.29 is 14.5 Å². The minimum absolute atomic E-state index is 0.104. The Bertz CT molecular complexity index is 839. The number of halogens is 1. The smallest absolute Gasteiger partial charge is 0.298 e. The van der Waals surface area contributed by atoms with Crippen molar-refractivity contribution in [1.29, 1.82) is 0 Å². The van der Waals surface area contributed by atoms with Crippen molar-refractivity contribution in [3.63, 3.8) is 0 Å². The standard InChI is InChI=1S/C16H13ClN4O4/c1-10(22)15(16(23)18-12-5-3-2-4-6-12)20-19-13-8-7-11(17)9-14(13)21(24)25/h2-9,15H,1H3,(H,18,23)/t15-/m1/s1. The van der Waals surface area contributed by atoms with Gasteiger partial charge in [0, 0.05) is 16.8 Å². The molecule has 0 saturated heterocycles. The van der Waals surface area contributed by atoms with E-state index in [0.29, 0.717) is 5.69 Å². The van der Waals surface area contributed by atoms with Gasteiger partial charge in [-0.3, -0.25) is 19.7 Å². The molecule has 1 amide bonds. The van der Waals surface area contributed by atoms with Crippen LogP contribution in [0.4, 0.5) is 17.1 Å². The van der Waals surface area contributed by atoms with E-state index in [4.69, 9.17) is 11.6 Å². The molecule has 0 saturated carbocycles. The fourth-order valence-electron chi connectivity index (χ4n) is 1.90. The fraction of sp³-hybridized carbons (Fsp3) is 0.125. The first kappa shape index (κ1) is 18.2. The summed E-state index contributed by atoms with van der Waals surface area (Å²) in [4.78, 5) is 34.3. The average Bonchev–Trinajstić information content (AvgIpc) is 2.56. The summed E-state index contributed by atoms with van der Waals surface area (Å²) in [6.07, 6.45) is 0. The summed E-state index contributed by atoms with van der Waals surface area (Å²) in [5.74, 6) is -1.23. The second-order valence-corrected chi connectivity index (χ2v) is 5.41. The molecule has 8 nitrogen and oxygen atoms in total. The van der Waals surface area contributed by atoms with Gasteiger partial charge in [0.05, 0.1) is 4.92 Å². The summed E-state index contributed by atoms with van der Waals surface area (Å²) in [6.45, 7) is 1.19. The molecule has 0 unspecified atom stereocenters. The largest absolute Gasteiger partial charge is 0.324 e. The lowest BCUT2D eigenvalue weighted by Crippen LogP contribution is -2.31. The van der Waals surface area contributed by atoms with Gasteiger partial charge in [0.1, 0.15) is 0 Å². The SMILES string of the molecule is CC(=O)[C@@H](N=Nc1ccc(Cl)cc1[N+](=O)[O-])C(=O)Nc1ccccc1. The van der Waals surface area contributed by atoms with Crippen molar-refractivity contribution in [3.05, 3.63) is 63.7 Å². The number of hydrogen-bond acceptors (Lipinski definition) is 6. The maximum atomic E-state index is 12.2. The van der Waals surface area contributed by atoms with Crippen LogP contribution in [-0.2, 0) is 9.59 Å². The van der Waals surface area contributed by atoms with Crippen molar-refractivity contribution in [2.75, 3.05) is 5.32 Å². The number of azo groups is 1. The van der Waals surface area contributed by atoms with E-state index in [-0.39, 0.29) is 16.4 Å². The molecule has 9 heteroatoms. The zero-order valence-electron chi connectivity index (χ0n) is 13.0. The number of rotatable bonds is 6. The van der Waals surface area contributed by atoms with Gasteiger partial charge < -0.3 is 5.32 Å². The molecule has 1 atom stereocenters. The highest BCUT2D eigenvalue weighted by Gasteiger charge is 2.24. The Morgan fingerprint density at radius 1 is 1.20 bits per heavy atom. The molecule has 2 aromatic rings. The Labute approximate surface area is 147 Å². The fourth-order valence-corrected chi connectivity index (χ4v) is 2.06. The molecule has 0 heterocycles. The van der Waals surface area contributed by atoms with E-state index >= 15 is 0 Å². The quantitative estimate of drug-likeness (QED) is 0.363. The van der Waals surface area contributed by atoms with Crippen LogP contribution in [0.15, 0.2) is 58.8 Å². The number of ketones is 1. The molecule has 0 aliphatic heterocycles. The van der Waals surface area contributed by atoms with Gasteiger partial charge in [0.25, 0.3) is 11.6 Å². The normalized spacial score (nSPS) is 11.9. The molecule has 0 radical (unpaired) electrons. The van der Waals surface area contributed by atoms with E-state index in [2.05, 4.69) is 15.5 Å². The molecule has 0 fully saturated rings. The third-order valence-corrected chi connectivity index (χ3v) is 3.32. The first-order chi connectivity index (χ1) is 11.9. The van der Waals surface area contributed by atoms with Crippen LogP contribution < -0.4 is 5.32 Å². The second kappa shape index (κ2) is 8.11. The highest BCUT2D eigenvalue weighted by molar-refractivity contribution is 6.30. The number of para-hydroxylation sites is 1. The van der Waals surface area contributed by atoms with Gasteiger partial charge >= 0.3 is 0 Å². The van der Waals surface area contributed by atoms with Gasteiger partial charge in [0.15, 0.2) is 11.5 Å². The number of nitro benzene ring substituents is 1. The molecule has 2 aromatic carbocycles. The van der Waals surface area contributed by atoms with Crippen LogP contribution in [-0.4, -0.2) is 22.7 Å². The topological polar surface area (TPSA) is 114 Å². The highest BCUT2D eigenvalue weighted by Crippen LogP contribution is 2.30. The summed E-state index contributed by atoms with van der Waals surface area (Å²) in [7, 11) is 0. The van der Waals surface area contributed by atoms with Crippen molar-refractivity contribution in [3.8, 4) is 0 Å². The summed E-state index contributed by atoms with van der Waals surface area (Å²) < 4.78 is 0. The van der Waals surface area contributed by atoms with Gasteiger partial charge in [0.2, 0.25) is 6.04 Å². The Hall–Kier alpha value is -3.13. The van der Waals surface area contributed by atoms with Gasteiger partial charge in [-0.2, -0.15) is 5.11 Å². The molecule has 0 aliphatic rings. The number of Topliss-reactive ketones (excluding diaryl/α,β-unsaturated/α-hetero) is 1. The van der Waals surface area contributed by atoms with Crippen molar-refractivity contribution in [1.82, 2.24) is 0 Å². The molecule has 1 N–H and O–H groups in total. The molecule has 0 aliphatic carbocycles. The maximum Gasteiger partial charge on any atom is 0.298 e. The lowest BCUT2D eigenvalue weighted by atomic mass is 10.2. The number of nitrogens with one attached hydrogen (secondary N) is 1. The van der Waals surface area contributed by atoms with Crippen LogP contribution in [0.2, 0.25) is 5.02 Å². The first-order valence-electron chi connectivity index (χ1n) is 7.09. The Morgan fingerprint density at radius 3 is 2.48 bits per heavy atom. The number of benzene rings is 2. The van der Waals surface area contributed by atoms with Gasteiger partial charge in [-0.15, -0.1) is 5.11 Å². The van der Waals surface area contributed by atoms with E-state index in [0.717, 1.165) is 6.07 Å². The first-order valence-corrected chi connectivity index (χ1v) is 7.47. The van der Waals surface area contributed by atoms with Gasteiger partial charge in [-0.05, 0) is 31.2 Å². The molecule has 0 aromatic heterocycles. The van der Waals surface area contributed by atoms with E-state index in [1.807, 2.05) is 0 Å². The van der Waals surface area contributed by atoms with Crippen LogP contribution in [0, 0.1) is 10.1 Å². The van der Waals surface area contributed by atoms with Gasteiger partial charge in [-0.25, -0.2) is 0 Å². The van der Waals surface area contributed by atoms with E-state index < -0.39 is 22.7 Å². The Morgan fingerprint density at radius 2 is 1.88 bits per heavy atom. The number of carbonyl (C=O) groups is 2. The van der Waals surface area contributed by atoms with Crippen LogP contribution in [0.1, 0.15) is 6.92 Å². The molecular formula is C16H13ClN4O4. The van der Waals surface area contributed by atoms with E-state index in [1.54, 1.807) is 30.3 Å². The summed E-state index contributed by atoms with van der Waals surface area (Å²) in [6, 6.07) is 10.9. The van der Waals surface area contributed by atoms with Crippen LogP contribution in [0.5, 0.6) is 0 Å². The number of nitrogens with zero attached hydrogens (tertiary/aromatic N) is 3. The Kier molecular flexibility index (Phi) is 5.91. The van der Waals surface area contributed by atoms with Gasteiger partial charge in [-0.1, -0.05) is 29.8 Å². The third kappa shape index (κ3) is 4.92.